The number of carbonyl (C=O) groups is 5. The molecule has 0 saturated carbocycles. The summed E-state index contributed by atoms with van der Waals surface area (Å²) in [4.78, 5) is 68.6. The third-order valence-electron chi connectivity index (χ3n) is 6.07. The largest absolute Gasteiger partial charge is 0.384 e. The molecule has 1 saturated heterocycles. The van der Waals surface area contributed by atoms with Gasteiger partial charge in [-0.05, 0) is 43.5 Å². The Bertz CT molecular complexity index is 1230. The average molecular weight is 493 g/mol. The molecule has 4 rings (SSSR count). The van der Waals surface area contributed by atoms with Gasteiger partial charge < -0.3 is 15.5 Å². The highest BCUT2D eigenvalue weighted by molar-refractivity contribution is 6.25. The molecule has 1 unspecified atom stereocenters. The van der Waals surface area contributed by atoms with Crippen molar-refractivity contribution < 1.29 is 24.0 Å². The van der Waals surface area contributed by atoms with E-state index in [1.165, 1.54) is 4.90 Å². The van der Waals surface area contributed by atoms with Crippen molar-refractivity contribution in [2.75, 3.05) is 37.8 Å². The molecule has 0 bridgehead atoms. The van der Waals surface area contributed by atoms with Crippen molar-refractivity contribution in [1.29, 1.82) is 0 Å². The number of aromatic nitrogens is 1. The highest BCUT2D eigenvalue weighted by atomic mass is 16.2. The summed E-state index contributed by atoms with van der Waals surface area (Å²) in [5.74, 6) is -1.65. The molecule has 2 aliphatic rings. The summed E-state index contributed by atoms with van der Waals surface area (Å²) in [7, 11) is 3.35. The summed E-state index contributed by atoms with van der Waals surface area (Å²) < 4.78 is 0. The van der Waals surface area contributed by atoms with E-state index in [9.17, 15) is 24.0 Å². The number of unbranched alkanes of at least 4 members (excludes halogenated alkanes) is 1. The van der Waals surface area contributed by atoms with Crippen LogP contribution < -0.4 is 16.0 Å². The zero-order chi connectivity index (χ0) is 25.8. The second-order valence-corrected chi connectivity index (χ2v) is 8.84. The van der Waals surface area contributed by atoms with E-state index in [1.54, 1.807) is 50.5 Å². The third-order valence-corrected chi connectivity index (χ3v) is 6.07. The molecule has 0 aliphatic carbocycles. The molecule has 5 amide bonds. The Kier molecular flexibility index (Phi) is 7.28. The number of anilines is 2. The molecule has 11 heteroatoms. The van der Waals surface area contributed by atoms with Crippen LogP contribution in [0.1, 0.15) is 56.9 Å². The lowest BCUT2D eigenvalue weighted by atomic mass is 10.0. The van der Waals surface area contributed by atoms with Gasteiger partial charge in [0.2, 0.25) is 11.8 Å². The maximum atomic E-state index is 13.1. The third kappa shape index (κ3) is 5.04. The molecule has 3 heterocycles. The smallest absolute Gasteiger partial charge is 0.272 e. The molecule has 3 N–H and O–H groups in total. The lowest BCUT2D eigenvalue weighted by molar-refractivity contribution is -0.136. The summed E-state index contributed by atoms with van der Waals surface area (Å²) in [6, 6.07) is 9.24. The summed E-state index contributed by atoms with van der Waals surface area (Å²) in [5.41, 5.74) is 1.40. The topological polar surface area (TPSA) is 141 Å². The lowest BCUT2D eigenvalue weighted by Crippen LogP contribution is -2.54. The summed E-state index contributed by atoms with van der Waals surface area (Å²) in [5, 5.41) is 8.63. The van der Waals surface area contributed by atoms with Crippen LogP contribution in [0.25, 0.3) is 0 Å². The zero-order valence-corrected chi connectivity index (χ0v) is 20.2. The van der Waals surface area contributed by atoms with Crippen LogP contribution in [0.5, 0.6) is 0 Å². The number of carbonyl (C=O) groups excluding carboxylic acids is 5. The van der Waals surface area contributed by atoms with Crippen molar-refractivity contribution in [1.82, 2.24) is 20.1 Å². The molecule has 0 spiro atoms. The minimum absolute atomic E-state index is 0.0781. The van der Waals surface area contributed by atoms with E-state index in [4.69, 9.17) is 0 Å². The van der Waals surface area contributed by atoms with E-state index in [2.05, 4.69) is 20.9 Å². The Hall–Kier alpha value is -4.28. The second kappa shape index (κ2) is 10.5. The standard InChI is InChI=1S/C25H28N6O5/c1-30(2)24(35)17-9-6-10-19(28-17)27-14-4-3-13-26-16-8-5-7-15-21(16)25(36)31(23(15)34)18-11-12-20(32)29-22(18)33/h5-10,18,26H,3-4,11-14H2,1-2H3,(H,27,28)(H,29,32,33). The Morgan fingerprint density at radius 2 is 1.75 bits per heavy atom. The molecule has 1 atom stereocenters. The number of imide groups is 2. The molecule has 0 radical (unpaired) electrons. The van der Waals surface area contributed by atoms with Crippen LogP contribution in [0, 0.1) is 0 Å². The van der Waals surface area contributed by atoms with Gasteiger partial charge in [-0.2, -0.15) is 0 Å². The van der Waals surface area contributed by atoms with Crippen molar-refractivity contribution >= 4 is 41.0 Å². The van der Waals surface area contributed by atoms with Gasteiger partial charge in [-0.3, -0.25) is 34.2 Å². The second-order valence-electron chi connectivity index (χ2n) is 8.84. The fourth-order valence-corrected chi connectivity index (χ4v) is 4.23. The zero-order valence-electron chi connectivity index (χ0n) is 20.2. The summed E-state index contributed by atoms with van der Waals surface area (Å²) >= 11 is 0. The molecular weight excluding hydrogens is 464 g/mol. The highest BCUT2D eigenvalue weighted by Gasteiger charge is 2.45. The van der Waals surface area contributed by atoms with Gasteiger partial charge in [0.25, 0.3) is 17.7 Å². The fourth-order valence-electron chi connectivity index (χ4n) is 4.23. The van der Waals surface area contributed by atoms with E-state index in [0.29, 0.717) is 30.3 Å². The number of rotatable bonds is 9. The Labute approximate surface area is 208 Å². The lowest BCUT2D eigenvalue weighted by Gasteiger charge is -2.27. The molecule has 1 aromatic carbocycles. The number of hydrogen-bond acceptors (Lipinski definition) is 8. The maximum Gasteiger partial charge on any atom is 0.272 e. The van der Waals surface area contributed by atoms with Crippen molar-refractivity contribution in [2.45, 2.75) is 31.7 Å². The molecule has 36 heavy (non-hydrogen) atoms. The van der Waals surface area contributed by atoms with E-state index in [0.717, 1.165) is 17.7 Å². The van der Waals surface area contributed by atoms with Crippen molar-refractivity contribution in [2.24, 2.45) is 0 Å². The monoisotopic (exact) mass is 492 g/mol. The number of nitrogens with one attached hydrogen (secondary N) is 3. The van der Waals surface area contributed by atoms with Crippen LogP contribution in [0.2, 0.25) is 0 Å². The van der Waals surface area contributed by atoms with Gasteiger partial charge in [0.1, 0.15) is 17.6 Å². The van der Waals surface area contributed by atoms with Crippen LogP contribution >= 0.6 is 0 Å². The number of nitrogens with zero attached hydrogens (tertiary/aromatic N) is 3. The summed E-state index contributed by atoms with van der Waals surface area (Å²) in [6.07, 6.45) is 1.76. The number of hydrogen-bond donors (Lipinski definition) is 3. The van der Waals surface area contributed by atoms with Crippen LogP contribution in [0.4, 0.5) is 11.5 Å². The minimum Gasteiger partial charge on any atom is -0.384 e. The van der Waals surface area contributed by atoms with Gasteiger partial charge in [0.05, 0.1) is 11.1 Å². The predicted octanol–water partition coefficient (Wildman–Crippen LogP) is 1.49. The van der Waals surface area contributed by atoms with E-state index in [-0.39, 0.29) is 29.9 Å². The van der Waals surface area contributed by atoms with Crippen molar-refractivity contribution in [3.63, 3.8) is 0 Å². The Morgan fingerprint density at radius 3 is 2.47 bits per heavy atom. The van der Waals surface area contributed by atoms with Crippen LogP contribution in [-0.2, 0) is 9.59 Å². The number of amides is 5. The molecule has 1 fully saturated rings. The molecule has 1 aromatic heterocycles. The van der Waals surface area contributed by atoms with Gasteiger partial charge in [-0.25, -0.2) is 4.98 Å². The van der Waals surface area contributed by atoms with E-state index in [1.807, 2.05) is 0 Å². The van der Waals surface area contributed by atoms with Gasteiger partial charge in [-0.15, -0.1) is 0 Å². The van der Waals surface area contributed by atoms with Crippen molar-refractivity contribution in [3.8, 4) is 0 Å². The maximum absolute atomic E-state index is 13.1. The SMILES string of the molecule is CN(C)C(=O)c1cccc(NCCCCNc2cccc3c2C(=O)N(C2CCC(=O)NC2=O)C3=O)n1. The van der Waals surface area contributed by atoms with Crippen LogP contribution in [0.3, 0.4) is 0 Å². The first-order valence-electron chi connectivity index (χ1n) is 11.8. The van der Waals surface area contributed by atoms with Crippen molar-refractivity contribution in [3.05, 3.63) is 53.2 Å². The summed E-state index contributed by atoms with van der Waals surface area (Å²) in [6.45, 7) is 1.20. The first-order valence-corrected chi connectivity index (χ1v) is 11.8. The number of pyridine rings is 1. The van der Waals surface area contributed by atoms with Gasteiger partial charge in [0.15, 0.2) is 0 Å². The predicted molar refractivity (Wildman–Crippen MR) is 132 cm³/mol. The van der Waals surface area contributed by atoms with Gasteiger partial charge in [0, 0.05) is 39.3 Å². The Balaban J connectivity index is 1.31. The minimum atomic E-state index is -0.992. The highest BCUT2D eigenvalue weighted by Crippen LogP contribution is 2.32. The number of piperidine rings is 1. The molecule has 188 valence electrons. The first kappa shape index (κ1) is 24.8. The quantitative estimate of drug-likeness (QED) is 0.353. The fraction of sp³-hybridized carbons (Fsp3) is 0.360. The number of fused-ring (bicyclic) bond motifs is 1. The molecule has 2 aromatic rings. The normalized spacial score (nSPS) is 17.1. The van der Waals surface area contributed by atoms with E-state index < -0.39 is 29.7 Å². The molecule has 11 nitrogen and oxygen atoms in total. The number of benzene rings is 1. The van der Waals surface area contributed by atoms with Gasteiger partial charge in [-0.1, -0.05) is 12.1 Å². The van der Waals surface area contributed by atoms with E-state index >= 15 is 0 Å². The van der Waals surface area contributed by atoms with Crippen LogP contribution in [0.15, 0.2) is 36.4 Å². The Morgan fingerprint density at radius 1 is 1.03 bits per heavy atom. The molecular formula is C25H28N6O5. The average Bonchev–Trinajstić information content (AvgIpc) is 3.11. The first-order chi connectivity index (χ1) is 17.3. The van der Waals surface area contributed by atoms with Gasteiger partial charge >= 0.3 is 0 Å². The van der Waals surface area contributed by atoms with Crippen LogP contribution in [-0.4, -0.2) is 77.5 Å². The molecule has 2 aliphatic heterocycles.